The SMILES string of the molecule is CCCCCCC(C/C=C\CCCCCCCC(=O)OC(COC(=O)CCCCCCC/C=C\CC(CCCCCC)OS(=O)(=O)[O-])COC(=O)CCCCCCC/C=C\CC(CCCCCC)OS(=O)(=O)[O-])CS(=O)(=O)[O-]. The third-order valence-corrected chi connectivity index (χ3v) is 15.2. The summed E-state index contributed by atoms with van der Waals surface area (Å²) < 4.78 is 127. The standard InChI is InChI=1S/C58H106O17S3/c1-4-7-10-31-40-52(51-76(62,63)64)41-32-25-19-13-16-24-30-39-48-58(61)73-55(49-71-56(59)46-37-28-22-17-14-20-26-35-44-53(74-77(65,66)67)42-33-11-8-5-2)50-72-57(60)47-38-29-23-18-15-21-27-36-45-54(75-78(68,69)70)43-34-12-9-6-3/h25-27,32,35-36,52-55H,4-24,28-31,33-34,37-51H2,1-3H3,(H,62,63,64)(H,65,66,67)(H,68,69,70)/p-3/b32-25-,35-26-,36-27-. The van der Waals surface area contributed by atoms with E-state index in [4.69, 9.17) is 22.6 Å². The molecule has 0 rings (SSSR count). The zero-order valence-corrected chi connectivity index (χ0v) is 50.6. The first-order chi connectivity index (χ1) is 37.3. The first-order valence-electron chi connectivity index (χ1n) is 29.9. The molecular weight excluding hydrogens is 1060 g/mol. The number of allylic oxidation sites excluding steroid dienone is 4. The molecule has 20 heteroatoms. The highest BCUT2D eigenvalue weighted by Crippen LogP contribution is 2.20. The molecular formula is C58H103O17S3-3. The molecule has 3 atom stereocenters. The Morgan fingerprint density at radius 3 is 1.09 bits per heavy atom. The molecule has 0 amide bonds. The van der Waals surface area contributed by atoms with Crippen molar-refractivity contribution in [2.45, 2.75) is 289 Å². The molecule has 0 N–H and O–H groups in total. The summed E-state index contributed by atoms with van der Waals surface area (Å²) in [6, 6.07) is 0. The minimum atomic E-state index is -4.77. The average Bonchev–Trinajstić information content (AvgIpc) is 3.36. The van der Waals surface area contributed by atoms with Gasteiger partial charge in [-0.3, -0.25) is 22.7 Å². The monoisotopic (exact) mass is 1170 g/mol. The van der Waals surface area contributed by atoms with Crippen molar-refractivity contribution in [3.8, 4) is 0 Å². The smallest absolute Gasteiger partial charge is 0.306 e. The van der Waals surface area contributed by atoms with E-state index in [-0.39, 0.29) is 44.1 Å². The Morgan fingerprint density at radius 2 is 0.718 bits per heavy atom. The van der Waals surface area contributed by atoms with Crippen molar-refractivity contribution >= 4 is 48.8 Å². The fourth-order valence-electron chi connectivity index (χ4n) is 8.96. The van der Waals surface area contributed by atoms with Crippen LogP contribution in [0.25, 0.3) is 0 Å². The quantitative estimate of drug-likeness (QED) is 0.0137. The molecule has 0 spiro atoms. The molecule has 0 aliphatic rings. The molecule has 0 heterocycles. The van der Waals surface area contributed by atoms with Crippen LogP contribution in [0.3, 0.4) is 0 Å². The van der Waals surface area contributed by atoms with Crippen LogP contribution in [-0.4, -0.2) is 94.1 Å². The van der Waals surface area contributed by atoms with Gasteiger partial charge in [0.2, 0.25) is 20.8 Å². The summed E-state index contributed by atoms with van der Waals surface area (Å²) in [5, 5.41) is 0. The number of rotatable bonds is 56. The highest BCUT2D eigenvalue weighted by atomic mass is 32.3. The third kappa shape index (κ3) is 55.2. The predicted octanol–water partition coefficient (Wildman–Crippen LogP) is 13.8. The number of ether oxygens (including phenoxy) is 3. The lowest BCUT2D eigenvalue weighted by atomic mass is 9.98. The lowest BCUT2D eigenvalue weighted by Crippen LogP contribution is -2.30. The lowest BCUT2D eigenvalue weighted by Gasteiger charge is -2.18. The van der Waals surface area contributed by atoms with E-state index in [1.54, 1.807) is 0 Å². The van der Waals surface area contributed by atoms with Crippen LogP contribution in [-0.2, 0) is 67.9 Å². The molecule has 0 aromatic heterocycles. The van der Waals surface area contributed by atoms with Gasteiger partial charge in [0, 0.05) is 25.0 Å². The average molecular weight is 1170 g/mol. The van der Waals surface area contributed by atoms with Crippen molar-refractivity contribution in [1.29, 1.82) is 0 Å². The molecule has 0 saturated carbocycles. The number of carbonyl (C=O) groups excluding carboxylic acids is 3. The normalized spacial score (nSPS) is 14.1. The second-order valence-corrected chi connectivity index (χ2v) is 24.4. The largest absolute Gasteiger partial charge is 0.748 e. The summed E-state index contributed by atoms with van der Waals surface area (Å²) in [7, 11) is -13.8. The number of carbonyl (C=O) groups is 3. The molecule has 3 unspecified atom stereocenters. The molecule has 0 saturated heterocycles. The highest BCUT2D eigenvalue weighted by Gasteiger charge is 2.20. The minimum absolute atomic E-state index is 0.157. The molecule has 0 aliphatic heterocycles. The van der Waals surface area contributed by atoms with Crippen molar-refractivity contribution in [1.82, 2.24) is 0 Å². The van der Waals surface area contributed by atoms with Crippen molar-refractivity contribution < 1.29 is 75.9 Å². The number of hydrogen-bond donors (Lipinski definition) is 0. The lowest BCUT2D eigenvalue weighted by molar-refractivity contribution is -0.167. The van der Waals surface area contributed by atoms with Crippen LogP contribution in [0.2, 0.25) is 0 Å². The maximum absolute atomic E-state index is 12.9. The summed E-state index contributed by atoms with van der Waals surface area (Å²) in [6.07, 6.45) is 39.9. The Bertz CT molecular complexity index is 1830. The Labute approximate surface area is 473 Å². The molecule has 0 aliphatic carbocycles. The van der Waals surface area contributed by atoms with E-state index < -0.39 is 67.1 Å². The first kappa shape index (κ1) is 75.3. The summed E-state index contributed by atoms with van der Waals surface area (Å²) in [6.45, 7) is 5.80. The van der Waals surface area contributed by atoms with E-state index in [1.807, 2.05) is 36.5 Å². The van der Waals surface area contributed by atoms with Gasteiger partial charge in [-0.2, -0.15) is 0 Å². The van der Waals surface area contributed by atoms with Gasteiger partial charge in [-0.1, -0.05) is 192 Å². The van der Waals surface area contributed by atoms with Gasteiger partial charge < -0.3 is 27.9 Å². The molecule has 0 fully saturated rings. The Kier molecular flexibility index (Phi) is 48.3. The van der Waals surface area contributed by atoms with Crippen LogP contribution in [0.15, 0.2) is 36.5 Å². The van der Waals surface area contributed by atoms with Crippen molar-refractivity contribution in [2.75, 3.05) is 19.0 Å². The van der Waals surface area contributed by atoms with Crippen LogP contribution < -0.4 is 0 Å². The van der Waals surface area contributed by atoms with Gasteiger partial charge in [0.15, 0.2) is 6.10 Å². The van der Waals surface area contributed by atoms with Crippen LogP contribution in [0.5, 0.6) is 0 Å². The summed E-state index contributed by atoms with van der Waals surface area (Å²) in [5.41, 5.74) is 0. The van der Waals surface area contributed by atoms with Crippen molar-refractivity contribution in [2.24, 2.45) is 5.92 Å². The number of unbranched alkanes of at least 4 members (excludes halogenated alkanes) is 24. The number of esters is 3. The zero-order valence-electron chi connectivity index (χ0n) is 48.1. The van der Waals surface area contributed by atoms with Gasteiger partial charge in [0.1, 0.15) is 13.2 Å². The molecule has 17 nitrogen and oxygen atoms in total. The molecule has 78 heavy (non-hydrogen) atoms. The van der Waals surface area contributed by atoms with E-state index in [9.17, 15) is 53.3 Å². The van der Waals surface area contributed by atoms with Gasteiger partial charge in [0.05, 0.1) is 22.3 Å². The summed E-state index contributed by atoms with van der Waals surface area (Å²) >= 11 is 0. The third-order valence-electron chi connectivity index (χ3n) is 13.4. The fraction of sp³-hybridized carbons (Fsp3) is 0.845. The highest BCUT2D eigenvalue weighted by molar-refractivity contribution is 7.85. The molecule has 0 aromatic rings. The molecule has 0 bridgehead atoms. The van der Waals surface area contributed by atoms with Crippen LogP contribution in [0, 0.1) is 5.92 Å². The van der Waals surface area contributed by atoms with Gasteiger partial charge >= 0.3 is 17.9 Å². The van der Waals surface area contributed by atoms with E-state index in [0.717, 1.165) is 180 Å². The van der Waals surface area contributed by atoms with Crippen LogP contribution >= 0.6 is 0 Å². The summed E-state index contributed by atoms with van der Waals surface area (Å²) in [4.78, 5) is 38.3. The van der Waals surface area contributed by atoms with Gasteiger partial charge in [-0.25, -0.2) is 25.3 Å². The first-order valence-corrected chi connectivity index (χ1v) is 34.2. The van der Waals surface area contributed by atoms with Crippen molar-refractivity contribution in [3.05, 3.63) is 36.5 Å². The number of hydrogen-bond acceptors (Lipinski definition) is 17. The molecule has 458 valence electrons. The summed E-state index contributed by atoms with van der Waals surface area (Å²) in [5.74, 6) is -1.83. The predicted molar refractivity (Wildman–Crippen MR) is 303 cm³/mol. The maximum atomic E-state index is 12.9. The van der Waals surface area contributed by atoms with Gasteiger partial charge in [0.25, 0.3) is 0 Å². The second kappa shape index (κ2) is 50.0. The van der Waals surface area contributed by atoms with E-state index in [2.05, 4.69) is 20.8 Å². The topological polar surface area (TPSA) is 269 Å². The van der Waals surface area contributed by atoms with Gasteiger partial charge in [-0.15, -0.1) is 0 Å². The molecule has 0 aromatic carbocycles. The van der Waals surface area contributed by atoms with Crippen LogP contribution in [0.1, 0.15) is 271 Å². The maximum Gasteiger partial charge on any atom is 0.306 e. The Balaban J connectivity index is 4.89. The van der Waals surface area contributed by atoms with Gasteiger partial charge in [-0.05, 0) is 102 Å². The van der Waals surface area contributed by atoms with E-state index >= 15 is 0 Å². The Morgan fingerprint density at radius 1 is 0.385 bits per heavy atom. The van der Waals surface area contributed by atoms with Crippen LogP contribution in [0.4, 0.5) is 0 Å². The zero-order chi connectivity index (χ0) is 58.0. The minimum Gasteiger partial charge on any atom is -0.748 e. The Hall–Kier alpha value is -2.72. The van der Waals surface area contributed by atoms with E-state index in [0.29, 0.717) is 51.4 Å². The van der Waals surface area contributed by atoms with Crippen molar-refractivity contribution in [3.63, 3.8) is 0 Å². The fourth-order valence-corrected chi connectivity index (χ4v) is 10.9. The molecule has 0 radical (unpaired) electrons. The van der Waals surface area contributed by atoms with E-state index in [1.165, 1.54) is 0 Å². The second-order valence-electron chi connectivity index (χ2n) is 20.9.